The number of aryl methyl sites for hydroxylation is 2. The van der Waals surface area contributed by atoms with Crippen molar-refractivity contribution in [3.8, 4) is 17.2 Å². The fourth-order valence-electron chi connectivity index (χ4n) is 2.59. The fourth-order valence-corrected chi connectivity index (χ4v) is 2.59. The molecule has 130 valence electrons. The highest BCUT2D eigenvalue weighted by Gasteiger charge is 2.19. The molecule has 7 nitrogen and oxygen atoms in total. The molecule has 0 bridgehead atoms. The van der Waals surface area contributed by atoms with Gasteiger partial charge in [0.25, 0.3) is 5.91 Å². The summed E-state index contributed by atoms with van der Waals surface area (Å²) in [6.07, 6.45) is 0.805. The number of carbonyl (C=O) groups excluding carboxylic acids is 1. The van der Waals surface area contributed by atoms with E-state index in [0.717, 1.165) is 17.7 Å². The molecule has 2 aromatic rings. The van der Waals surface area contributed by atoms with Crippen LogP contribution in [0.25, 0.3) is 0 Å². The van der Waals surface area contributed by atoms with E-state index in [4.69, 9.17) is 14.2 Å². The first kappa shape index (κ1) is 17.7. The van der Waals surface area contributed by atoms with Gasteiger partial charge in [-0.05, 0) is 25.5 Å². The molecule has 0 aliphatic heterocycles. The first-order chi connectivity index (χ1) is 11.5. The van der Waals surface area contributed by atoms with Crippen LogP contribution in [0.1, 0.15) is 28.5 Å². The molecule has 0 atom stereocenters. The minimum absolute atomic E-state index is 0.275. The summed E-state index contributed by atoms with van der Waals surface area (Å²) in [5.74, 6) is 1.70. The Morgan fingerprint density at radius 1 is 1.17 bits per heavy atom. The van der Waals surface area contributed by atoms with Crippen molar-refractivity contribution in [2.75, 3.05) is 26.6 Å². The SMILES string of the molecule is CCc1nn(C)c(NC(=O)c2cc(OC)c(OC)c(OC)c2)c1C. The molecule has 0 radical (unpaired) electrons. The molecular formula is C17H23N3O4. The first-order valence-corrected chi connectivity index (χ1v) is 7.60. The number of nitrogens with zero attached hydrogens (tertiary/aromatic N) is 2. The second-order valence-electron chi connectivity index (χ2n) is 5.27. The van der Waals surface area contributed by atoms with Gasteiger partial charge < -0.3 is 19.5 Å². The van der Waals surface area contributed by atoms with Crippen molar-refractivity contribution in [1.29, 1.82) is 0 Å². The van der Waals surface area contributed by atoms with E-state index in [1.807, 2.05) is 13.8 Å². The number of amides is 1. The number of anilines is 1. The lowest BCUT2D eigenvalue weighted by Gasteiger charge is -2.14. The second kappa shape index (κ2) is 7.25. The van der Waals surface area contributed by atoms with Crippen molar-refractivity contribution in [3.05, 3.63) is 29.0 Å². The summed E-state index contributed by atoms with van der Waals surface area (Å²) in [6, 6.07) is 3.23. The van der Waals surface area contributed by atoms with Crippen molar-refractivity contribution in [3.63, 3.8) is 0 Å². The maximum absolute atomic E-state index is 12.6. The Morgan fingerprint density at radius 3 is 2.17 bits per heavy atom. The van der Waals surface area contributed by atoms with Gasteiger partial charge in [-0.2, -0.15) is 5.10 Å². The van der Waals surface area contributed by atoms with Gasteiger partial charge in [-0.1, -0.05) is 6.92 Å². The van der Waals surface area contributed by atoms with Crippen molar-refractivity contribution < 1.29 is 19.0 Å². The summed E-state index contributed by atoms with van der Waals surface area (Å²) in [6.45, 7) is 3.97. The number of nitrogens with one attached hydrogen (secondary N) is 1. The zero-order chi connectivity index (χ0) is 17.9. The van der Waals surface area contributed by atoms with Gasteiger partial charge in [0.05, 0.1) is 27.0 Å². The summed E-state index contributed by atoms with van der Waals surface area (Å²) < 4.78 is 17.5. The maximum Gasteiger partial charge on any atom is 0.257 e. The standard InChI is InChI=1S/C17H23N3O4/c1-7-12-10(2)16(20(3)19-12)18-17(21)11-8-13(22-4)15(24-6)14(9-11)23-5/h8-9H,7H2,1-6H3,(H,18,21). The second-order valence-corrected chi connectivity index (χ2v) is 5.27. The van der Waals surface area contributed by atoms with Crippen molar-refractivity contribution in [1.82, 2.24) is 9.78 Å². The fraction of sp³-hybridized carbons (Fsp3) is 0.412. The van der Waals surface area contributed by atoms with Gasteiger partial charge in [-0.3, -0.25) is 9.48 Å². The predicted octanol–water partition coefficient (Wildman–Crippen LogP) is 2.57. The van der Waals surface area contributed by atoms with Gasteiger partial charge >= 0.3 is 0 Å². The average molecular weight is 333 g/mol. The Bertz CT molecular complexity index is 728. The number of benzene rings is 1. The van der Waals surface area contributed by atoms with Gasteiger partial charge in [0, 0.05) is 18.2 Å². The summed E-state index contributed by atoms with van der Waals surface area (Å²) in [4.78, 5) is 12.6. The summed E-state index contributed by atoms with van der Waals surface area (Å²) >= 11 is 0. The van der Waals surface area contributed by atoms with Gasteiger partial charge in [0.15, 0.2) is 11.5 Å². The maximum atomic E-state index is 12.6. The average Bonchev–Trinajstić information content (AvgIpc) is 2.87. The first-order valence-electron chi connectivity index (χ1n) is 7.60. The van der Waals surface area contributed by atoms with Gasteiger partial charge in [-0.25, -0.2) is 0 Å². The van der Waals surface area contributed by atoms with Crippen molar-refractivity contribution >= 4 is 11.7 Å². The van der Waals surface area contributed by atoms with Crippen LogP contribution in [0.5, 0.6) is 17.2 Å². The van der Waals surface area contributed by atoms with Crippen LogP contribution >= 0.6 is 0 Å². The van der Waals surface area contributed by atoms with Crippen LogP contribution in [0.4, 0.5) is 5.82 Å². The highest BCUT2D eigenvalue weighted by Crippen LogP contribution is 2.38. The Hall–Kier alpha value is -2.70. The molecule has 24 heavy (non-hydrogen) atoms. The van der Waals surface area contributed by atoms with Crippen LogP contribution < -0.4 is 19.5 Å². The molecule has 0 fully saturated rings. The van der Waals surface area contributed by atoms with E-state index >= 15 is 0 Å². The molecule has 1 heterocycles. The monoisotopic (exact) mass is 333 g/mol. The lowest BCUT2D eigenvalue weighted by Crippen LogP contribution is -2.15. The Morgan fingerprint density at radius 2 is 1.75 bits per heavy atom. The van der Waals surface area contributed by atoms with E-state index in [2.05, 4.69) is 10.4 Å². The van der Waals surface area contributed by atoms with E-state index in [1.165, 1.54) is 21.3 Å². The van der Waals surface area contributed by atoms with Crippen LogP contribution in [-0.2, 0) is 13.5 Å². The number of rotatable bonds is 6. The van der Waals surface area contributed by atoms with Crippen molar-refractivity contribution in [2.24, 2.45) is 7.05 Å². The predicted molar refractivity (Wildman–Crippen MR) is 91.4 cm³/mol. The molecule has 0 aliphatic rings. The van der Waals surface area contributed by atoms with E-state index < -0.39 is 0 Å². The molecule has 1 N–H and O–H groups in total. The summed E-state index contributed by atoms with van der Waals surface area (Å²) in [7, 11) is 6.35. The van der Waals surface area contributed by atoms with Gasteiger partial charge in [-0.15, -0.1) is 0 Å². The van der Waals surface area contributed by atoms with Crippen LogP contribution in [0, 0.1) is 6.92 Å². The quantitative estimate of drug-likeness (QED) is 0.879. The van der Waals surface area contributed by atoms with Gasteiger partial charge in [0.1, 0.15) is 5.82 Å². The number of carbonyl (C=O) groups is 1. The summed E-state index contributed by atoms with van der Waals surface area (Å²) in [5, 5.41) is 7.30. The molecule has 0 unspecified atom stereocenters. The smallest absolute Gasteiger partial charge is 0.257 e. The van der Waals surface area contributed by atoms with Crippen LogP contribution in [0.2, 0.25) is 0 Å². The molecule has 0 saturated heterocycles. The van der Waals surface area contributed by atoms with E-state index in [0.29, 0.717) is 28.6 Å². The van der Waals surface area contributed by atoms with E-state index in [-0.39, 0.29) is 5.91 Å². The lowest BCUT2D eigenvalue weighted by atomic mass is 10.1. The Balaban J connectivity index is 2.38. The number of ether oxygens (including phenoxy) is 3. The van der Waals surface area contributed by atoms with E-state index in [1.54, 1.807) is 23.9 Å². The lowest BCUT2D eigenvalue weighted by molar-refractivity contribution is 0.102. The third kappa shape index (κ3) is 3.15. The molecule has 7 heteroatoms. The third-order valence-corrected chi connectivity index (χ3v) is 3.88. The molecule has 1 aromatic heterocycles. The summed E-state index contributed by atoms with van der Waals surface area (Å²) in [5.41, 5.74) is 2.32. The highest BCUT2D eigenvalue weighted by atomic mass is 16.5. The minimum atomic E-state index is -0.275. The van der Waals surface area contributed by atoms with E-state index in [9.17, 15) is 4.79 Å². The largest absolute Gasteiger partial charge is 0.493 e. The normalized spacial score (nSPS) is 10.4. The number of methoxy groups -OCH3 is 3. The van der Waals surface area contributed by atoms with Crippen molar-refractivity contribution in [2.45, 2.75) is 20.3 Å². The zero-order valence-corrected chi connectivity index (χ0v) is 14.9. The minimum Gasteiger partial charge on any atom is -0.493 e. The zero-order valence-electron chi connectivity index (χ0n) is 14.9. The Kier molecular flexibility index (Phi) is 5.33. The van der Waals surface area contributed by atoms with Crippen LogP contribution in [0.15, 0.2) is 12.1 Å². The van der Waals surface area contributed by atoms with Gasteiger partial charge in [0.2, 0.25) is 5.75 Å². The molecule has 0 saturated carbocycles. The molecule has 1 aromatic carbocycles. The molecule has 0 aliphatic carbocycles. The molecule has 0 spiro atoms. The molecule has 2 rings (SSSR count). The molecule has 1 amide bonds. The Labute approximate surface area is 141 Å². The number of aromatic nitrogens is 2. The molecular weight excluding hydrogens is 310 g/mol. The number of hydrogen-bond acceptors (Lipinski definition) is 5. The number of hydrogen-bond donors (Lipinski definition) is 1. The third-order valence-electron chi connectivity index (χ3n) is 3.88. The highest BCUT2D eigenvalue weighted by molar-refractivity contribution is 6.05. The topological polar surface area (TPSA) is 74.6 Å². The van der Waals surface area contributed by atoms with Crippen LogP contribution in [0.3, 0.4) is 0 Å². The van der Waals surface area contributed by atoms with Crippen LogP contribution in [-0.4, -0.2) is 37.0 Å².